The van der Waals surface area contributed by atoms with E-state index in [0.717, 1.165) is 5.56 Å². The molecule has 2 aromatic carbocycles. The van der Waals surface area contributed by atoms with Crippen molar-refractivity contribution < 1.29 is 9.59 Å². The Hall–Kier alpha value is -4.11. The summed E-state index contributed by atoms with van der Waals surface area (Å²) in [6.45, 7) is 1.93. The van der Waals surface area contributed by atoms with Crippen molar-refractivity contribution in [1.29, 1.82) is 0 Å². The topological polar surface area (TPSA) is 111 Å². The molecule has 0 fully saturated rings. The Morgan fingerprint density at radius 3 is 2.54 bits per heavy atom. The number of benzene rings is 2. The molecule has 138 valence electrons. The van der Waals surface area contributed by atoms with Gasteiger partial charge in [-0.1, -0.05) is 35.6 Å². The number of carbonyl (C=O) groups is 2. The van der Waals surface area contributed by atoms with Crippen LogP contribution in [0.1, 0.15) is 37.4 Å². The Morgan fingerprint density at radius 1 is 1.00 bits per heavy atom. The molecule has 28 heavy (non-hydrogen) atoms. The van der Waals surface area contributed by atoms with E-state index < -0.39 is 5.91 Å². The second kappa shape index (κ2) is 8.06. The number of primary amides is 1. The molecule has 6 heteroatoms. The molecule has 3 aromatic rings. The first-order valence-electron chi connectivity index (χ1n) is 8.48. The number of aromatic nitrogens is 1. The third-order valence-electron chi connectivity index (χ3n) is 3.95. The average molecular weight is 370 g/mol. The van der Waals surface area contributed by atoms with Crippen molar-refractivity contribution in [2.75, 3.05) is 11.1 Å². The van der Waals surface area contributed by atoms with Crippen LogP contribution in [0.4, 0.5) is 11.5 Å². The van der Waals surface area contributed by atoms with Crippen molar-refractivity contribution in [2.45, 2.75) is 6.92 Å². The fraction of sp³-hybridized carbons (Fsp3) is 0.0455. The zero-order valence-electron chi connectivity index (χ0n) is 15.2. The monoisotopic (exact) mass is 370 g/mol. The summed E-state index contributed by atoms with van der Waals surface area (Å²) in [7, 11) is 0. The Bertz CT molecular complexity index is 1130. The van der Waals surface area contributed by atoms with Crippen LogP contribution < -0.4 is 16.8 Å². The minimum absolute atomic E-state index is 0.198. The summed E-state index contributed by atoms with van der Waals surface area (Å²) < 4.78 is 0. The molecule has 6 nitrogen and oxygen atoms in total. The minimum atomic E-state index is -0.601. The van der Waals surface area contributed by atoms with Crippen LogP contribution in [0.25, 0.3) is 0 Å². The molecular formula is C22H18N4O2. The number of anilines is 2. The van der Waals surface area contributed by atoms with Crippen molar-refractivity contribution in [3.63, 3.8) is 0 Å². The SMILES string of the molecule is Cc1cccc(C(=O)Nc2cccc(C#Cc3cc(C(N)=O)cnc3N)c2)c1. The molecule has 0 unspecified atom stereocenters. The molecule has 0 atom stereocenters. The highest BCUT2D eigenvalue weighted by molar-refractivity contribution is 6.04. The van der Waals surface area contributed by atoms with Crippen molar-refractivity contribution >= 4 is 23.3 Å². The van der Waals surface area contributed by atoms with Crippen LogP contribution in [0.3, 0.4) is 0 Å². The first-order valence-corrected chi connectivity index (χ1v) is 8.48. The number of nitrogens with two attached hydrogens (primary N) is 2. The standard InChI is InChI=1S/C22H18N4O2/c1-14-4-2-6-17(10-14)22(28)26-19-7-3-5-15(11-19)8-9-16-12-18(21(24)27)13-25-20(16)23/h2-7,10-13H,1H3,(H2,23,25)(H2,24,27)(H,26,28). The van der Waals surface area contributed by atoms with Crippen LogP contribution >= 0.6 is 0 Å². The fourth-order valence-corrected chi connectivity index (χ4v) is 2.51. The van der Waals surface area contributed by atoms with Crippen LogP contribution in [0, 0.1) is 18.8 Å². The van der Waals surface area contributed by atoms with Crippen molar-refractivity contribution in [1.82, 2.24) is 4.98 Å². The molecule has 3 rings (SSSR count). The molecule has 0 radical (unpaired) electrons. The number of amides is 2. The highest BCUT2D eigenvalue weighted by Crippen LogP contribution is 2.14. The Labute approximate surface area is 162 Å². The molecule has 2 amide bonds. The normalized spacial score (nSPS) is 9.89. The van der Waals surface area contributed by atoms with Gasteiger partial charge in [0, 0.05) is 23.0 Å². The van der Waals surface area contributed by atoms with E-state index in [9.17, 15) is 9.59 Å². The Kier molecular flexibility index (Phi) is 5.38. The van der Waals surface area contributed by atoms with E-state index in [1.54, 1.807) is 30.3 Å². The van der Waals surface area contributed by atoms with Crippen molar-refractivity contribution in [2.24, 2.45) is 5.73 Å². The number of nitrogens with one attached hydrogen (secondary N) is 1. The van der Waals surface area contributed by atoms with Gasteiger partial charge in [-0.25, -0.2) is 4.98 Å². The number of nitrogens with zero attached hydrogens (tertiary/aromatic N) is 1. The van der Waals surface area contributed by atoms with Gasteiger partial charge in [0.05, 0.1) is 11.1 Å². The number of hydrogen-bond acceptors (Lipinski definition) is 4. The van der Waals surface area contributed by atoms with E-state index in [2.05, 4.69) is 22.1 Å². The number of pyridine rings is 1. The van der Waals surface area contributed by atoms with Crippen LogP contribution in [0.15, 0.2) is 60.8 Å². The zero-order valence-corrected chi connectivity index (χ0v) is 15.2. The lowest BCUT2D eigenvalue weighted by Gasteiger charge is -2.06. The smallest absolute Gasteiger partial charge is 0.255 e. The largest absolute Gasteiger partial charge is 0.383 e. The lowest BCUT2D eigenvalue weighted by Crippen LogP contribution is -2.12. The first-order chi connectivity index (χ1) is 13.4. The van der Waals surface area contributed by atoms with Gasteiger partial charge in [0.25, 0.3) is 5.91 Å². The molecule has 0 aliphatic heterocycles. The third kappa shape index (κ3) is 4.54. The summed E-state index contributed by atoms with van der Waals surface area (Å²) in [6, 6.07) is 16.0. The summed E-state index contributed by atoms with van der Waals surface area (Å²) in [5.41, 5.74) is 14.6. The zero-order chi connectivity index (χ0) is 20.1. The van der Waals surface area contributed by atoms with Gasteiger partial charge in [0.15, 0.2) is 0 Å². The number of rotatable bonds is 3. The molecule has 1 heterocycles. The predicted molar refractivity (Wildman–Crippen MR) is 109 cm³/mol. The van der Waals surface area contributed by atoms with Gasteiger partial charge in [-0.3, -0.25) is 9.59 Å². The van der Waals surface area contributed by atoms with Gasteiger partial charge >= 0.3 is 0 Å². The number of hydrogen-bond donors (Lipinski definition) is 3. The number of aryl methyl sites for hydroxylation is 1. The highest BCUT2D eigenvalue weighted by atomic mass is 16.2. The van der Waals surface area contributed by atoms with Gasteiger partial charge in [0.1, 0.15) is 5.82 Å². The number of nitrogen functional groups attached to an aromatic ring is 1. The van der Waals surface area contributed by atoms with E-state index in [1.165, 1.54) is 12.3 Å². The van der Waals surface area contributed by atoms with Crippen LogP contribution in [0.2, 0.25) is 0 Å². The lowest BCUT2D eigenvalue weighted by molar-refractivity contribution is 0.0997. The molecule has 1 aromatic heterocycles. The molecule has 0 aliphatic carbocycles. The van der Waals surface area contributed by atoms with Gasteiger partial charge in [-0.15, -0.1) is 0 Å². The van der Waals surface area contributed by atoms with Crippen LogP contribution in [0.5, 0.6) is 0 Å². The van der Waals surface area contributed by atoms with E-state index in [1.807, 2.05) is 25.1 Å². The van der Waals surface area contributed by atoms with E-state index in [4.69, 9.17) is 11.5 Å². The summed E-state index contributed by atoms with van der Waals surface area (Å²) >= 11 is 0. The molecule has 5 N–H and O–H groups in total. The van der Waals surface area contributed by atoms with Crippen LogP contribution in [-0.4, -0.2) is 16.8 Å². The quantitative estimate of drug-likeness (QED) is 0.616. The van der Waals surface area contributed by atoms with E-state index >= 15 is 0 Å². The Morgan fingerprint density at radius 2 is 1.79 bits per heavy atom. The second-order valence-corrected chi connectivity index (χ2v) is 6.18. The maximum Gasteiger partial charge on any atom is 0.255 e. The first kappa shape index (κ1) is 18.7. The van der Waals surface area contributed by atoms with Crippen LogP contribution in [-0.2, 0) is 0 Å². The maximum absolute atomic E-state index is 12.4. The van der Waals surface area contributed by atoms with E-state index in [-0.39, 0.29) is 17.3 Å². The van der Waals surface area contributed by atoms with Gasteiger partial charge < -0.3 is 16.8 Å². The molecule has 0 bridgehead atoms. The molecule has 0 saturated heterocycles. The Balaban J connectivity index is 1.81. The number of carbonyl (C=O) groups excluding carboxylic acids is 2. The maximum atomic E-state index is 12.4. The third-order valence-corrected chi connectivity index (χ3v) is 3.95. The van der Waals surface area contributed by atoms with E-state index in [0.29, 0.717) is 22.4 Å². The molecule has 0 aliphatic rings. The molecule has 0 saturated carbocycles. The molecular weight excluding hydrogens is 352 g/mol. The molecule has 0 spiro atoms. The highest BCUT2D eigenvalue weighted by Gasteiger charge is 2.07. The van der Waals surface area contributed by atoms with Gasteiger partial charge in [-0.2, -0.15) is 0 Å². The predicted octanol–water partition coefficient (Wildman–Crippen LogP) is 2.72. The van der Waals surface area contributed by atoms with Crippen molar-refractivity contribution in [3.8, 4) is 11.8 Å². The van der Waals surface area contributed by atoms with Gasteiger partial charge in [0.2, 0.25) is 5.91 Å². The summed E-state index contributed by atoms with van der Waals surface area (Å²) in [5, 5.41) is 2.85. The summed E-state index contributed by atoms with van der Waals surface area (Å²) in [4.78, 5) is 27.6. The van der Waals surface area contributed by atoms with Gasteiger partial charge in [-0.05, 0) is 43.3 Å². The summed E-state index contributed by atoms with van der Waals surface area (Å²) in [6.07, 6.45) is 1.31. The lowest BCUT2D eigenvalue weighted by atomic mass is 10.1. The minimum Gasteiger partial charge on any atom is -0.383 e. The summed E-state index contributed by atoms with van der Waals surface area (Å²) in [5.74, 6) is 5.25. The average Bonchev–Trinajstić information content (AvgIpc) is 2.67. The van der Waals surface area contributed by atoms with Crippen molar-refractivity contribution in [3.05, 3.63) is 88.6 Å². The fourth-order valence-electron chi connectivity index (χ4n) is 2.51. The second-order valence-electron chi connectivity index (χ2n) is 6.18.